The summed E-state index contributed by atoms with van der Waals surface area (Å²) in [5.74, 6) is -0.744. The number of anilines is 1. The van der Waals surface area contributed by atoms with E-state index in [-0.39, 0.29) is 6.10 Å². The van der Waals surface area contributed by atoms with Gasteiger partial charge in [0.25, 0.3) is 0 Å². The molecule has 28 heavy (non-hydrogen) atoms. The molecule has 0 radical (unpaired) electrons. The number of carbonyl (C=O) groups is 2. The summed E-state index contributed by atoms with van der Waals surface area (Å²) in [5.41, 5.74) is 1.66. The highest BCUT2D eigenvalue weighted by atomic mass is 16.5. The molecule has 0 spiro atoms. The minimum Gasteiger partial charge on any atom is -0.497 e. The van der Waals surface area contributed by atoms with Crippen LogP contribution in [0.4, 0.5) is 5.69 Å². The molecule has 2 aromatic rings. The summed E-state index contributed by atoms with van der Waals surface area (Å²) in [6.45, 7) is 3.26. The predicted molar refractivity (Wildman–Crippen MR) is 106 cm³/mol. The van der Waals surface area contributed by atoms with E-state index >= 15 is 0 Å². The Morgan fingerprint density at radius 3 is 2.75 bits per heavy atom. The second-order valence-electron chi connectivity index (χ2n) is 6.51. The van der Waals surface area contributed by atoms with Gasteiger partial charge in [-0.2, -0.15) is 0 Å². The number of rotatable bonds is 6. The Hall–Kier alpha value is -2.90. The van der Waals surface area contributed by atoms with Crippen molar-refractivity contribution in [1.29, 1.82) is 0 Å². The van der Waals surface area contributed by atoms with Crippen LogP contribution >= 0.6 is 0 Å². The monoisotopic (exact) mass is 383 g/mol. The van der Waals surface area contributed by atoms with Crippen LogP contribution in [0.15, 0.2) is 54.6 Å². The van der Waals surface area contributed by atoms with Crippen LogP contribution in [0.5, 0.6) is 5.75 Å². The molecule has 2 amide bonds. The van der Waals surface area contributed by atoms with Gasteiger partial charge in [-0.3, -0.25) is 14.5 Å². The van der Waals surface area contributed by atoms with Crippen molar-refractivity contribution in [3.63, 3.8) is 0 Å². The van der Waals surface area contributed by atoms with Crippen molar-refractivity contribution in [2.45, 2.75) is 6.10 Å². The SMILES string of the molecule is COc1cccc(NC(=O)C(=O)NCCN2CCOC(c3ccccc3)C2)c1. The van der Waals surface area contributed by atoms with E-state index < -0.39 is 11.8 Å². The number of nitrogens with zero attached hydrogens (tertiary/aromatic N) is 1. The third kappa shape index (κ3) is 5.55. The van der Waals surface area contributed by atoms with Crippen LogP contribution in [-0.2, 0) is 14.3 Å². The van der Waals surface area contributed by atoms with Gasteiger partial charge in [0.1, 0.15) is 5.75 Å². The Balaban J connectivity index is 1.42. The normalized spacial score (nSPS) is 17.0. The molecular weight excluding hydrogens is 358 g/mol. The summed E-state index contributed by atoms with van der Waals surface area (Å²) in [6, 6.07) is 17.0. The molecule has 1 aliphatic heterocycles. The van der Waals surface area contributed by atoms with Crippen LogP contribution in [0.2, 0.25) is 0 Å². The lowest BCUT2D eigenvalue weighted by atomic mass is 10.1. The first-order valence-electron chi connectivity index (χ1n) is 9.28. The molecule has 0 bridgehead atoms. The Morgan fingerprint density at radius 1 is 1.14 bits per heavy atom. The van der Waals surface area contributed by atoms with Crippen LogP contribution in [0.3, 0.4) is 0 Å². The highest BCUT2D eigenvalue weighted by Gasteiger charge is 2.22. The van der Waals surface area contributed by atoms with E-state index in [9.17, 15) is 9.59 Å². The quantitative estimate of drug-likeness (QED) is 0.744. The number of carbonyl (C=O) groups excluding carboxylic acids is 2. The molecule has 1 aliphatic rings. The van der Waals surface area contributed by atoms with Crippen molar-refractivity contribution in [2.24, 2.45) is 0 Å². The van der Waals surface area contributed by atoms with Crippen LogP contribution in [0, 0.1) is 0 Å². The number of hydrogen-bond acceptors (Lipinski definition) is 5. The zero-order chi connectivity index (χ0) is 19.8. The smallest absolute Gasteiger partial charge is 0.313 e. The van der Waals surface area contributed by atoms with E-state index in [0.29, 0.717) is 31.1 Å². The highest BCUT2D eigenvalue weighted by molar-refractivity contribution is 6.39. The fourth-order valence-corrected chi connectivity index (χ4v) is 3.07. The first-order valence-corrected chi connectivity index (χ1v) is 9.28. The van der Waals surface area contributed by atoms with Crippen molar-refractivity contribution < 1.29 is 19.1 Å². The van der Waals surface area contributed by atoms with Crippen LogP contribution in [0.1, 0.15) is 11.7 Å². The van der Waals surface area contributed by atoms with E-state index in [1.807, 2.05) is 18.2 Å². The third-order valence-corrected chi connectivity index (χ3v) is 4.57. The summed E-state index contributed by atoms with van der Waals surface area (Å²) in [6.07, 6.45) is 0.0296. The van der Waals surface area contributed by atoms with Gasteiger partial charge < -0.3 is 20.1 Å². The molecule has 2 N–H and O–H groups in total. The minimum atomic E-state index is -0.697. The first kappa shape index (κ1) is 19.9. The summed E-state index contributed by atoms with van der Waals surface area (Å²) in [7, 11) is 1.54. The second-order valence-corrected chi connectivity index (χ2v) is 6.51. The van der Waals surface area contributed by atoms with Crippen LogP contribution in [-0.4, -0.2) is 56.6 Å². The van der Waals surface area contributed by atoms with E-state index in [2.05, 4.69) is 27.7 Å². The van der Waals surface area contributed by atoms with Gasteiger partial charge in [0.15, 0.2) is 0 Å². The van der Waals surface area contributed by atoms with Crippen molar-refractivity contribution in [2.75, 3.05) is 45.2 Å². The zero-order valence-electron chi connectivity index (χ0n) is 15.9. The number of amides is 2. The number of ether oxygens (including phenoxy) is 2. The second kappa shape index (κ2) is 9.87. The maximum absolute atomic E-state index is 12.0. The lowest BCUT2D eigenvalue weighted by Gasteiger charge is -2.33. The summed E-state index contributed by atoms with van der Waals surface area (Å²) >= 11 is 0. The Labute approximate surface area is 164 Å². The molecule has 0 aromatic heterocycles. The number of benzene rings is 2. The minimum absolute atomic E-state index is 0.0296. The van der Waals surface area contributed by atoms with Gasteiger partial charge in [0, 0.05) is 37.9 Å². The molecule has 0 aliphatic carbocycles. The van der Waals surface area contributed by atoms with Gasteiger partial charge in [-0.15, -0.1) is 0 Å². The number of hydrogen-bond donors (Lipinski definition) is 2. The van der Waals surface area contributed by atoms with E-state index in [0.717, 1.165) is 18.7 Å². The Bertz CT molecular complexity index is 797. The Morgan fingerprint density at radius 2 is 1.96 bits per heavy atom. The average Bonchev–Trinajstić information content (AvgIpc) is 2.74. The average molecular weight is 383 g/mol. The van der Waals surface area contributed by atoms with Crippen LogP contribution in [0.25, 0.3) is 0 Å². The van der Waals surface area contributed by atoms with Crippen molar-refractivity contribution in [3.05, 3.63) is 60.2 Å². The van der Waals surface area contributed by atoms with Gasteiger partial charge in [0.2, 0.25) is 0 Å². The molecule has 1 atom stereocenters. The number of nitrogens with one attached hydrogen (secondary N) is 2. The molecule has 1 saturated heterocycles. The molecule has 7 heteroatoms. The summed E-state index contributed by atoms with van der Waals surface area (Å²) in [5, 5.41) is 5.24. The molecule has 2 aromatic carbocycles. The van der Waals surface area contributed by atoms with Gasteiger partial charge >= 0.3 is 11.8 Å². The fraction of sp³-hybridized carbons (Fsp3) is 0.333. The lowest BCUT2D eigenvalue weighted by molar-refractivity contribution is -0.136. The molecular formula is C21H25N3O4. The summed E-state index contributed by atoms with van der Waals surface area (Å²) < 4.78 is 10.9. The molecule has 7 nitrogen and oxygen atoms in total. The maximum Gasteiger partial charge on any atom is 0.313 e. The van der Waals surface area contributed by atoms with Gasteiger partial charge in [-0.1, -0.05) is 36.4 Å². The number of methoxy groups -OCH3 is 1. The topological polar surface area (TPSA) is 79.9 Å². The van der Waals surface area contributed by atoms with Crippen LogP contribution < -0.4 is 15.4 Å². The molecule has 148 valence electrons. The molecule has 3 rings (SSSR count). The maximum atomic E-state index is 12.0. The third-order valence-electron chi connectivity index (χ3n) is 4.57. The van der Waals surface area contributed by atoms with E-state index in [1.165, 1.54) is 0 Å². The first-order chi connectivity index (χ1) is 13.7. The highest BCUT2D eigenvalue weighted by Crippen LogP contribution is 2.21. The predicted octanol–water partition coefficient (Wildman–Crippen LogP) is 1.82. The largest absolute Gasteiger partial charge is 0.497 e. The van der Waals surface area contributed by atoms with E-state index in [4.69, 9.17) is 9.47 Å². The van der Waals surface area contributed by atoms with Crippen molar-refractivity contribution in [1.82, 2.24) is 10.2 Å². The standard InChI is InChI=1S/C21H25N3O4/c1-27-18-9-5-8-17(14-18)23-21(26)20(25)22-10-11-24-12-13-28-19(15-24)16-6-3-2-4-7-16/h2-9,14,19H,10-13,15H2,1H3,(H,22,25)(H,23,26). The van der Waals surface area contributed by atoms with Gasteiger partial charge in [-0.25, -0.2) is 0 Å². The number of morpholine rings is 1. The molecule has 1 unspecified atom stereocenters. The van der Waals surface area contributed by atoms with Gasteiger partial charge in [-0.05, 0) is 17.7 Å². The lowest BCUT2D eigenvalue weighted by Crippen LogP contribution is -2.44. The van der Waals surface area contributed by atoms with Crippen molar-refractivity contribution in [3.8, 4) is 5.75 Å². The Kier molecular flexibility index (Phi) is 7.00. The molecule has 0 saturated carbocycles. The zero-order valence-corrected chi connectivity index (χ0v) is 15.9. The molecule has 1 heterocycles. The van der Waals surface area contributed by atoms with E-state index in [1.54, 1.807) is 31.4 Å². The van der Waals surface area contributed by atoms with Crippen molar-refractivity contribution >= 4 is 17.5 Å². The van der Waals surface area contributed by atoms with Gasteiger partial charge in [0.05, 0.1) is 19.8 Å². The summed E-state index contributed by atoms with van der Waals surface area (Å²) in [4.78, 5) is 26.3. The fourth-order valence-electron chi connectivity index (χ4n) is 3.07. The molecule has 1 fully saturated rings.